The van der Waals surface area contributed by atoms with Gasteiger partial charge in [-0.2, -0.15) is 0 Å². The quantitative estimate of drug-likeness (QED) is 0.769. The van der Waals surface area contributed by atoms with E-state index in [0.717, 1.165) is 0 Å². The second kappa shape index (κ2) is 7.44. The summed E-state index contributed by atoms with van der Waals surface area (Å²) in [7, 11) is 0. The van der Waals surface area contributed by atoms with Gasteiger partial charge in [-0.25, -0.2) is 8.78 Å². The van der Waals surface area contributed by atoms with Gasteiger partial charge in [0.05, 0.1) is 0 Å². The number of amides is 1. The molecule has 0 radical (unpaired) electrons. The van der Waals surface area contributed by atoms with Crippen molar-refractivity contribution in [2.45, 2.75) is 6.92 Å². The van der Waals surface area contributed by atoms with Crippen LogP contribution in [-0.2, 0) is 9.59 Å². The van der Waals surface area contributed by atoms with Gasteiger partial charge in [0.1, 0.15) is 11.6 Å². The van der Waals surface area contributed by atoms with Crippen molar-refractivity contribution < 1.29 is 18.4 Å². The SMILES string of the molecule is CC(=O)N1C/C(=C/c2ccccc2F)C(=O)/C(=C/c2ccccc2F)C1. The molecule has 0 aliphatic carbocycles. The highest BCUT2D eigenvalue weighted by atomic mass is 19.1. The topological polar surface area (TPSA) is 37.4 Å². The Morgan fingerprint density at radius 3 is 1.69 bits per heavy atom. The van der Waals surface area contributed by atoms with Crippen LogP contribution in [0.4, 0.5) is 8.78 Å². The zero-order valence-electron chi connectivity index (χ0n) is 14.2. The van der Waals surface area contributed by atoms with Crippen LogP contribution in [0.25, 0.3) is 12.2 Å². The third-order valence-electron chi connectivity index (χ3n) is 4.22. The fraction of sp³-hybridized carbons (Fsp3) is 0.143. The number of benzene rings is 2. The summed E-state index contributed by atoms with van der Waals surface area (Å²) in [6, 6.07) is 12.2. The van der Waals surface area contributed by atoms with Crippen LogP contribution in [0.1, 0.15) is 18.1 Å². The van der Waals surface area contributed by atoms with Gasteiger partial charge in [-0.1, -0.05) is 36.4 Å². The molecule has 132 valence electrons. The van der Waals surface area contributed by atoms with E-state index >= 15 is 0 Å². The van der Waals surface area contributed by atoms with Crippen LogP contribution >= 0.6 is 0 Å². The number of hydrogen-bond acceptors (Lipinski definition) is 2. The molecule has 0 unspecified atom stereocenters. The zero-order valence-corrected chi connectivity index (χ0v) is 14.2. The van der Waals surface area contributed by atoms with E-state index in [1.165, 1.54) is 36.1 Å². The molecule has 1 heterocycles. The van der Waals surface area contributed by atoms with Gasteiger partial charge in [0.25, 0.3) is 0 Å². The van der Waals surface area contributed by atoms with Crippen molar-refractivity contribution in [2.24, 2.45) is 0 Å². The number of hydrogen-bond donors (Lipinski definition) is 0. The number of likely N-dealkylation sites (tertiary alicyclic amines) is 1. The van der Waals surface area contributed by atoms with Crippen molar-refractivity contribution in [2.75, 3.05) is 13.1 Å². The Balaban J connectivity index is 2.04. The predicted octanol–water partition coefficient (Wildman–Crippen LogP) is 3.86. The predicted molar refractivity (Wildman–Crippen MR) is 96.0 cm³/mol. The fourth-order valence-corrected chi connectivity index (χ4v) is 2.82. The van der Waals surface area contributed by atoms with E-state index in [1.54, 1.807) is 36.4 Å². The van der Waals surface area contributed by atoms with Crippen molar-refractivity contribution in [1.82, 2.24) is 4.90 Å². The van der Waals surface area contributed by atoms with Crippen LogP contribution in [0.2, 0.25) is 0 Å². The molecule has 5 heteroatoms. The lowest BCUT2D eigenvalue weighted by Gasteiger charge is -2.29. The van der Waals surface area contributed by atoms with Gasteiger partial charge in [-0.3, -0.25) is 9.59 Å². The van der Waals surface area contributed by atoms with Gasteiger partial charge in [0.2, 0.25) is 5.91 Å². The minimum atomic E-state index is -0.451. The number of piperidine rings is 1. The number of ketones is 1. The molecule has 0 aromatic heterocycles. The van der Waals surface area contributed by atoms with Crippen LogP contribution in [-0.4, -0.2) is 29.7 Å². The first-order valence-electron chi connectivity index (χ1n) is 8.16. The largest absolute Gasteiger partial charge is 0.334 e. The van der Waals surface area contributed by atoms with Crippen molar-refractivity contribution in [3.8, 4) is 0 Å². The molecule has 1 saturated heterocycles. The summed E-state index contributed by atoms with van der Waals surface area (Å²) in [5, 5.41) is 0. The monoisotopic (exact) mass is 353 g/mol. The normalized spacial score (nSPS) is 17.8. The Labute approximate surface area is 150 Å². The van der Waals surface area contributed by atoms with Gasteiger partial charge in [-0.15, -0.1) is 0 Å². The Morgan fingerprint density at radius 2 is 1.31 bits per heavy atom. The minimum absolute atomic E-state index is 0.0944. The second-order valence-electron chi connectivity index (χ2n) is 6.09. The lowest BCUT2D eigenvalue weighted by atomic mass is 9.94. The molecule has 2 aromatic carbocycles. The molecule has 1 aliphatic heterocycles. The molecule has 3 rings (SSSR count). The second-order valence-corrected chi connectivity index (χ2v) is 6.09. The van der Waals surface area contributed by atoms with Crippen LogP contribution in [0, 0.1) is 11.6 Å². The third kappa shape index (κ3) is 3.77. The average Bonchev–Trinajstić information content (AvgIpc) is 2.61. The molecule has 1 aliphatic rings. The van der Waals surface area contributed by atoms with E-state index in [4.69, 9.17) is 0 Å². The molecular weight excluding hydrogens is 336 g/mol. The lowest BCUT2D eigenvalue weighted by Crippen LogP contribution is -2.40. The summed E-state index contributed by atoms with van der Waals surface area (Å²) in [6.07, 6.45) is 2.89. The van der Waals surface area contributed by atoms with E-state index in [9.17, 15) is 18.4 Å². The number of rotatable bonds is 2. The first-order chi connectivity index (χ1) is 12.5. The van der Waals surface area contributed by atoms with E-state index in [-0.39, 0.29) is 35.9 Å². The first kappa shape index (κ1) is 17.7. The van der Waals surface area contributed by atoms with Gasteiger partial charge in [0, 0.05) is 42.3 Å². The summed E-state index contributed by atoms with van der Waals surface area (Å²) in [5.41, 5.74) is 1.12. The average molecular weight is 353 g/mol. The van der Waals surface area contributed by atoms with E-state index in [0.29, 0.717) is 11.1 Å². The number of carbonyl (C=O) groups excluding carboxylic acids is 2. The Hall–Kier alpha value is -3.08. The molecule has 0 N–H and O–H groups in total. The molecule has 2 aromatic rings. The Bertz CT molecular complexity index is 864. The molecule has 0 bridgehead atoms. The van der Waals surface area contributed by atoms with Crippen LogP contribution < -0.4 is 0 Å². The summed E-state index contributed by atoms with van der Waals surface area (Å²) < 4.78 is 27.8. The summed E-state index contributed by atoms with van der Waals surface area (Å²) in [5.74, 6) is -1.43. The van der Waals surface area contributed by atoms with Gasteiger partial charge in [-0.05, 0) is 24.3 Å². The van der Waals surface area contributed by atoms with Gasteiger partial charge in [0.15, 0.2) is 5.78 Å². The van der Waals surface area contributed by atoms with Crippen molar-refractivity contribution in [1.29, 1.82) is 0 Å². The van der Waals surface area contributed by atoms with E-state index in [1.807, 2.05) is 0 Å². The summed E-state index contributed by atoms with van der Waals surface area (Å²) in [4.78, 5) is 26.1. The number of Topliss-reactive ketones (excluding diaryl/α,β-unsaturated/α-hetero) is 1. The van der Waals surface area contributed by atoms with Crippen LogP contribution in [0.3, 0.4) is 0 Å². The maximum absolute atomic E-state index is 13.9. The van der Waals surface area contributed by atoms with Crippen molar-refractivity contribution in [3.63, 3.8) is 0 Å². The number of nitrogens with zero attached hydrogens (tertiary/aromatic N) is 1. The maximum Gasteiger partial charge on any atom is 0.220 e. The van der Waals surface area contributed by atoms with Crippen molar-refractivity contribution in [3.05, 3.63) is 82.4 Å². The van der Waals surface area contributed by atoms with E-state index in [2.05, 4.69) is 0 Å². The van der Waals surface area contributed by atoms with Gasteiger partial charge < -0.3 is 4.90 Å². The Morgan fingerprint density at radius 1 is 0.885 bits per heavy atom. The highest BCUT2D eigenvalue weighted by molar-refractivity contribution is 6.15. The fourth-order valence-electron chi connectivity index (χ4n) is 2.82. The third-order valence-corrected chi connectivity index (χ3v) is 4.22. The highest BCUT2D eigenvalue weighted by Crippen LogP contribution is 2.23. The van der Waals surface area contributed by atoms with E-state index < -0.39 is 11.6 Å². The molecule has 0 spiro atoms. The maximum atomic E-state index is 13.9. The lowest BCUT2D eigenvalue weighted by molar-refractivity contribution is -0.129. The van der Waals surface area contributed by atoms with Crippen LogP contribution in [0.15, 0.2) is 59.7 Å². The number of carbonyl (C=O) groups is 2. The molecule has 26 heavy (non-hydrogen) atoms. The molecular formula is C21H17F2NO2. The van der Waals surface area contributed by atoms with Crippen molar-refractivity contribution >= 4 is 23.8 Å². The molecule has 3 nitrogen and oxygen atoms in total. The summed E-state index contributed by atoms with van der Waals surface area (Å²) in [6.45, 7) is 1.59. The highest BCUT2D eigenvalue weighted by Gasteiger charge is 2.27. The number of halogens is 2. The minimum Gasteiger partial charge on any atom is -0.334 e. The zero-order chi connectivity index (χ0) is 18.7. The smallest absolute Gasteiger partial charge is 0.220 e. The molecule has 1 amide bonds. The first-order valence-corrected chi connectivity index (χ1v) is 8.16. The molecule has 0 saturated carbocycles. The molecule has 1 fully saturated rings. The van der Waals surface area contributed by atoms with Crippen LogP contribution in [0.5, 0.6) is 0 Å². The van der Waals surface area contributed by atoms with Gasteiger partial charge >= 0.3 is 0 Å². The molecule has 0 atom stereocenters. The Kier molecular flexibility index (Phi) is 5.07. The summed E-state index contributed by atoms with van der Waals surface area (Å²) >= 11 is 0. The standard InChI is InChI=1S/C21H17F2NO2/c1-14(25)24-12-17(10-15-6-2-4-8-19(15)22)21(26)18(13-24)11-16-7-3-5-9-20(16)23/h2-11H,12-13H2,1H3/b17-10-,18-11+.